The van der Waals surface area contributed by atoms with Gasteiger partial charge in [-0.05, 0) is 36.8 Å². The summed E-state index contributed by atoms with van der Waals surface area (Å²) in [5.74, 6) is 0.605. The number of nitrogens with one attached hydrogen (secondary N) is 1. The van der Waals surface area contributed by atoms with Gasteiger partial charge in [-0.1, -0.05) is 12.1 Å². The summed E-state index contributed by atoms with van der Waals surface area (Å²) in [5.41, 5.74) is 1.65. The fourth-order valence-electron chi connectivity index (χ4n) is 2.61. The average Bonchev–Trinajstić information content (AvgIpc) is 3.39. The van der Waals surface area contributed by atoms with Crippen LogP contribution >= 0.6 is 11.3 Å². The summed E-state index contributed by atoms with van der Waals surface area (Å²) in [4.78, 5) is 30.7. The van der Waals surface area contributed by atoms with Crippen molar-refractivity contribution in [2.24, 2.45) is 0 Å². The topological polar surface area (TPSA) is 84.7 Å². The number of nitrogens with zero attached hydrogens (tertiary/aromatic N) is 2. The van der Waals surface area contributed by atoms with Gasteiger partial charge in [-0.25, -0.2) is 4.98 Å². The molecule has 0 bridgehead atoms. The Labute approximate surface area is 167 Å². The van der Waals surface area contributed by atoms with Crippen LogP contribution in [0, 0.1) is 0 Å². The molecule has 0 unspecified atom stereocenters. The van der Waals surface area contributed by atoms with Crippen LogP contribution in [0.2, 0.25) is 0 Å². The molecule has 3 aromatic rings. The van der Waals surface area contributed by atoms with Gasteiger partial charge in [0.25, 0.3) is 5.91 Å². The number of benzene rings is 1. The van der Waals surface area contributed by atoms with Gasteiger partial charge in [-0.2, -0.15) is 0 Å². The normalized spacial score (nSPS) is 10.5. The number of amides is 2. The van der Waals surface area contributed by atoms with Crippen molar-refractivity contribution >= 4 is 28.3 Å². The summed E-state index contributed by atoms with van der Waals surface area (Å²) in [6, 6.07) is 10.9. The van der Waals surface area contributed by atoms with Gasteiger partial charge < -0.3 is 14.1 Å². The Kier molecular flexibility index (Phi) is 6.44. The molecule has 0 aliphatic rings. The number of thiazole rings is 1. The number of furan rings is 1. The number of carbonyl (C=O) groups excluding carboxylic acids is 2. The maximum Gasteiger partial charge on any atom is 0.293 e. The first-order chi connectivity index (χ1) is 13.6. The highest BCUT2D eigenvalue weighted by Gasteiger charge is 2.16. The number of hydrogen-bond donors (Lipinski definition) is 1. The highest BCUT2D eigenvalue weighted by Crippen LogP contribution is 2.18. The fraction of sp³-hybridized carbons (Fsp3) is 0.250. The molecular weight excluding hydrogens is 378 g/mol. The Morgan fingerprint density at radius 1 is 1.25 bits per heavy atom. The molecule has 1 aromatic carbocycles. The lowest BCUT2D eigenvalue weighted by Crippen LogP contribution is -2.31. The zero-order valence-electron chi connectivity index (χ0n) is 15.7. The van der Waals surface area contributed by atoms with Crippen molar-refractivity contribution in [1.82, 2.24) is 9.88 Å². The number of rotatable bonds is 8. The molecule has 28 heavy (non-hydrogen) atoms. The zero-order chi connectivity index (χ0) is 19.9. The monoisotopic (exact) mass is 399 g/mol. The van der Waals surface area contributed by atoms with E-state index in [4.69, 9.17) is 9.15 Å². The first kappa shape index (κ1) is 19.6. The summed E-state index contributed by atoms with van der Waals surface area (Å²) in [7, 11) is 1.62. The summed E-state index contributed by atoms with van der Waals surface area (Å²) < 4.78 is 10.2. The minimum atomic E-state index is -0.369. The molecule has 0 spiro atoms. The molecule has 0 aliphatic heterocycles. The maximum atomic E-state index is 12.7. The molecule has 1 N–H and O–H groups in total. The van der Waals surface area contributed by atoms with E-state index in [1.165, 1.54) is 17.6 Å². The molecule has 146 valence electrons. The van der Waals surface area contributed by atoms with Crippen LogP contribution in [0.4, 0.5) is 5.13 Å². The van der Waals surface area contributed by atoms with Crippen molar-refractivity contribution in [1.29, 1.82) is 0 Å². The quantitative estimate of drug-likeness (QED) is 0.626. The van der Waals surface area contributed by atoms with Crippen LogP contribution in [0.5, 0.6) is 5.75 Å². The third-order valence-electron chi connectivity index (χ3n) is 4.12. The van der Waals surface area contributed by atoms with Crippen molar-refractivity contribution in [2.75, 3.05) is 19.0 Å². The van der Waals surface area contributed by atoms with Gasteiger partial charge in [0.15, 0.2) is 10.9 Å². The molecule has 2 heterocycles. The lowest BCUT2D eigenvalue weighted by atomic mass is 10.2. The predicted molar refractivity (Wildman–Crippen MR) is 107 cm³/mol. The maximum absolute atomic E-state index is 12.7. The van der Waals surface area contributed by atoms with Crippen LogP contribution < -0.4 is 10.1 Å². The van der Waals surface area contributed by atoms with Gasteiger partial charge in [-0.15, -0.1) is 11.3 Å². The number of ether oxygens (including phenoxy) is 1. The smallest absolute Gasteiger partial charge is 0.293 e. The number of methoxy groups -OCH3 is 1. The fourth-order valence-corrected chi connectivity index (χ4v) is 3.31. The van der Waals surface area contributed by atoms with E-state index < -0.39 is 0 Å². The van der Waals surface area contributed by atoms with Crippen molar-refractivity contribution in [3.8, 4) is 5.75 Å². The number of anilines is 1. The Balaban J connectivity index is 1.58. The number of likely N-dealkylation sites (N-methyl/N-ethyl adjacent to an activating group) is 1. The largest absolute Gasteiger partial charge is 0.497 e. The highest BCUT2D eigenvalue weighted by atomic mass is 32.1. The van der Waals surface area contributed by atoms with Crippen LogP contribution in [-0.4, -0.2) is 35.4 Å². The Bertz CT molecular complexity index is 919. The Morgan fingerprint density at radius 2 is 2.04 bits per heavy atom. The van der Waals surface area contributed by atoms with Crippen molar-refractivity contribution in [3.05, 3.63) is 65.1 Å². The number of hydrogen-bond acceptors (Lipinski definition) is 6. The predicted octanol–water partition coefficient (Wildman–Crippen LogP) is 3.59. The first-order valence-corrected chi connectivity index (χ1v) is 9.67. The number of aromatic nitrogens is 1. The zero-order valence-corrected chi connectivity index (χ0v) is 16.5. The van der Waals surface area contributed by atoms with E-state index in [0.29, 0.717) is 23.9 Å². The van der Waals surface area contributed by atoms with Gasteiger partial charge in [-0.3, -0.25) is 14.9 Å². The third-order valence-corrected chi connectivity index (χ3v) is 4.92. The second-order valence-electron chi connectivity index (χ2n) is 6.01. The van der Waals surface area contributed by atoms with Crippen molar-refractivity contribution in [3.63, 3.8) is 0 Å². The molecule has 8 heteroatoms. The van der Waals surface area contributed by atoms with Gasteiger partial charge >= 0.3 is 0 Å². The molecular formula is C20H21N3O4S. The van der Waals surface area contributed by atoms with E-state index in [9.17, 15) is 9.59 Å². The second-order valence-corrected chi connectivity index (χ2v) is 6.87. The van der Waals surface area contributed by atoms with Gasteiger partial charge in [0.05, 0.1) is 25.5 Å². The molecule has 0 fully saturated rings. The first-order valence-electron chi connectivity index (χ1n) is 8.79. The Hall–Kier alpha value is -3.13. The molecule has 2 aromatic heterocycles. The minimum Gasteiger partial charge on any atom is -0.497 e. The average molecular weight is 399 g/mol. The summed E-state index contributed by atoms with van der Waals surface area (Å²) >= 11 is 1.28. The van der Waals surface area contributed by atoms with Gasteiger partial charge in [0.2, 0.25) is 5.91 Å². The molecule has 0 saturated heterocycles. The molecule has 0 aliphatic carbocycles. The molecule has 0 atom stereocenters. The summed E-state index contributed by atoms with van der Waals surface area (Å²) in [5, 5.41) is 4.88. The van der Waals surface area contributed by atoms with Gasteiger partial charge in [0, 0.05) is 18.5 Å². The van der Waals surface area contributed by atoms with Crippen LogP contribution in [0.25, 0.3) is 0 Å². The summed E-state index contributed by atoms with van der Waals surface area (Å²) in [6.45, 7) is 3.06. The number of carbonyl (C=O) groups is 2. The molecule has 7 nitrogen and oxygen atoms in total. The third kappa shape index (κ3) is 4.98. The SMILES string of the molecule is CCN(Cc1ccc(OC)cc1)C(=O)Cc1csc(NC(=O)c2ccco2)n1. The van der Waals surface area contributed by atoms with Crippen molar-refractivity contribution < 1.29 is 18.7 Å². The van der Waals surface area contributed by atoms with E-state index in [1.807, 2.05) is 31.2 Å². The molecule has 3 rings (SSSR count). The highest BCUT2D eigenvalue weighted by molar-refractivity contribution is 7.14. The standard InChI is InChI=1S/C20H21N3O4S/c1-3-23(12-14-6-8-16(26-2)9-7-14)18(24)11-15-13-28-20(21-15)22-19(25)17-5-4-10-27-17/h4-10,13H,3,11-12H2,1-2H3,(H,21,22,25). The van der Waals surface area contributed by atoms with Crippen LogP contribution in [0.3, 0.4) is 0 Å². The van der Waals surface area contributed by atoms with E-state index in [2.05, 4.69) is 10.3 Å². The second kappa shape index (κ2) is 9.18. The lowest BCUT2D eigenvalue weighted by Gasteiger charge is -2.20. The van der Waals surface area contributed by atoms with E-state index in [-0.39, 0.29) is 24.0 Å². The van der Waals surface area contributed by atoms with Crippen LogP contribution in [0.15, 0.2) is 52.5 Å². The van der Waals surface area contributed by atoms with E-state index in [1.54, 1.807) is 29.5 Å². The molecule has 2 amide bonds. The minimum absolute atomic E-state index is 0.0208. The van der Waals surface area contributed by atoms with Crippen LogP contribution in [-0.2, 0) is 17.8 Å². The lowest BCUT2D eigenvalue weighted by molar-refractivity contribution is -0.130. The van der Waals surface area contributed by atoms with E-state index >= 15 is 0 Å². The van der Waals surface area contributed by atoms with Gasteiger partial charge in [0.1, 0.15) is 5.75 Å². The van der Waals surface area contributed by atoms with E-state index in [0.717, 1.165) is 11.3 Å². The van der Waals surface area contributed by atoms with Crippen LogP contribution in [0.1, 0.15) is 28.7 Å². The summed E-state index contributed by atoms with van der Waals surface area (Å²) in [6.07, 6.45) is 1.61. The molecule has 0 saturated carbocycles. The Morgan fingerprint density at radius 3 is 2.68 bits per heavy atom. The molecule has 0 radical (unpaired) electrons. The van der Waals surface area contributed by atoms with Crippen molar-refractivity contribution in [2.45, 2.75) is 19.9 Å².